The summed E-state index contributed by atoms with van der Waals surface area (Å²) in [6.07, 6.45) is 1.08. The van der Waals surface area contributed by atoms with Gasteiger partial charge in [0.1, 0.15) is 5.75 Å². The molecule has 4 heteroatoms. The number of aryl methyl sites for hydroxylation is 1. The van der Waals surface area contributed by atoms with Crippen LogP contribution in [0.3, 0.4) is 0 Å². The number of esters is 1. The van der Waals surface area contributed by atoms with E-state index in [9.17, 15) is 4.79 Å². The van der Waals surface area contributed by atoms with Crippen molar-refractivity contribution in [2.45, 2.75) is 12.8 Å². The predicted octanol–water partition coefficient (Wildman–Crippen LogP) is 2.57. The van der Waals surface area contributed by atoms with Crippen molar-refractivity contribution < 1.29 is 14.3 Å². The number of ether oxygens (including phenoxy) is 2. The average Bonchev–Trinajstić information content (AvgIpc) is 2.34. The monoisotopic (exact) mass is 286 g/mol. The van der Waals surface area contributed by atoms with Crippen molar-refractivity contribution >= 4 is 21.9 Å². The summed E-state index contributed by atoms with van der Waals surface area (Å²) in [6, 6.07) is 7.76. The van der Waals surface area contributed by atoms with E-state index in [0.29, 0.717) is 19.4 Å². The highest BCUT2D eigenvalue weighted by Crippen LogP contribution is 2.14. The van der Waals surface area contributed by atoms with Gasteiger partial charge in [0, 0.05) is 11.8 Å². The fourth-order valence-electron chi connectivity index (χ4n) is 1.30. The van der Waals surface area contributed by atoms with Crippen molar-refractivity contribution in [1.29, 1.82) is 0 Å². The quantitative estimate of drug-likeness (QED) is 0.596. The summed E-state index contributed by atoms with van der Waals surface area (Å²) in [5.41, 5.74) is 1.08. The third-order valence-electron chi connectivity index (χ3n) is 2.09. The van der Waals surface area contributed by atoms with Crippen LogP contribution in [0.4, 0.5) is 0 Å². The zero-order valence-corrected chi connectivity index (χ0v) is 10.8. The molecule has 0 aliphatic carbocycles. The number of carbonyl (C=O) groups excluding carboxylic acids is 1. The molecule has 16 heavy (non-hydrogen) atoms. The summed E-state index contributed by atoms with van der Waals surface area (Å²) >= 11 is 3.30. The third-order valence-corrected chi connectivity index (χ3v) is 2.41. The molecule has 0 atom stereocenters. The van der Waals surface area contributed by atoms with Crippen LogP contribution in [0.15, 0.2) is 24.3 Å². The van der Waals surface area contributed by atoms with E-state index in [4.69, 9.17) is 4.74 Å². The number of rotatable bonds is 6. The molecule has 0 aliphatic rings. The van der Waals surface area contributed by atoms with Crippen LogP contribution >= 0.6 is 15.9 Å². The van der Waals surface area contributed by atoms with Gasteiger partial charge in [-0.15, -0.1) is 0 Å². The van der Waals surface area contributed by atoms with E-state index in [2.05, 4.69) is 20.7 Å². The fraction of sp³-hybridized carbons (Fsp3) is 0.417. The van der Waals surface area contributed by atoms with Crippen LogP contribution in [0.25, 0.3) is 0 Å². The molecular weight excluding hydrogens is 272 g/mol. The van der Waals surface area contributed by atoms with Crippen LogP contribution in [-0.2, 0) is 16.0 Å². The normalized spacial score (nSPS) is 9.88. The van der Waals surface area contributed by atoms with Gasteiger partial charge >= 0.3 is 5.97 Å². The van der Waals surface area contributed by atoms with Gasteiger partial charge in [-0.1, -0.05) is 28.1 Å². The molecule has 0 amide bonds. The van der Waals surface area contributed by atoms with Crippen LogP contribution < -0.4 is 4.74 Å². The molecule has 0 radical (unpaired) electrons. The van der Waals surface area contributed by atoms with E-state index < -0.39 is 0 Å². The Bertz CT molecular complexity index is 339. The Labute approximate surface area is 104 Å². The Kier molecular flexibility index (Phi) is 5.93. The van der Waals surface area contributed by atoms with Crippen molar-refractivity contribution in [1.82, 2.24) is 0 Å². The number of methoxy groups -OCH3 is 1. The van der Waals surface area contributed by atoms with Crippen molar-refractivity contribution in [2.24, 2.45) is 0 Å². The molecule has 0 aliphatic heterocycles. The molecule has 1 rings (SSSR count). The van der Waals surface area contributed by atoms with Gasteiger partial charge in [-0.25, -0.2) is 0 Å². The lowest BCUT2D eigenvalue weighted by atomic mass is 10.1. The van der Waals surface area contributed by atoms with Crippen molar-refractivity contribution in [2.75, 3.05) is 19.0 Å². The van der Waals surface area contributed by atoms with E-state index in [-0.39, 0.29) is 5.97 Å². The lowest BCUT2D eigenvalue weighted by Crippen LogP contribution is -2.02. The van der Waals surface area contributed by atoms with Gasteiger partial charge in [-0.05, 0) is 24.1 Å². The minimum absolute atomic E-state index is 0.188. The van der Waals surface area contributed by atoms with E-state index >= 15 is 0 Å². The van der Waals surface area contributed by atoms with Gasteiger partial charge < -0.3 is 9.47 Å². The smallest absolute Gasteiger partial charge is 0.305 e. The minimum Gasteiger partial charge on any atom is -0.493 e. The molecule has 0 bridgehead atoms. The Hall–Kier alpha value is -1.03. The van der Waals surface area contributed by atoms with Gasteiger partial charge in [0.25, 0.3) is 0 Å². The molecule has 0 fully saturated rings. The van der Waals surface area contributed by atoms with Crippen LogP contribution in [0, 0.1) is 0 Å². The highest BCUT2D eigenvalue weighted by Gasteiger charge is 2.02. The highest BCUT2D eigenvalue weighted by molar-refractivity contribution is 9.09. The Morgan fingerprint density at radius 2 is 2.25 bits per heavy atom. The first-order valence-electron chi connectivity index (χ1n) is 5.11. The highest BCUT2D eigenvalue weighted by atomic mass is 79.9. The summed E-state index contributed by atoms with van der Waals surface area (Å²) < 4.78 is 10.1. The topological polar surface area (TPSA) is 35.5 Å². The molecule has 0 spiro atoms. The maximum Gasteiger partial charge on any atom is 0.305 e. The van der Waals surface area contributed by atoms with Crippen molar-refractivity contribution in [3.63, 3.8) is 0 Å². The van der Waals surface area contributed by atoms with Gasteiger partial charge in [0.2, 0.25) is 0 Å². The molecule has 3 nitrogen and oxygen atoms in total. The number of hydrogen-bond acceptors (Lipinski definition) is 3. The first-order valence-corrected chi connectivity index (χ1v) is 6.23. The second-order valence-electron chi connectivity index (χ2n) is 3.26. The van der Waals surface area contributed by atoms with Crippen LogP contribution in [0.5, 0.6) is 5.75 Å². The summed E-state index contributed by atoms with van der Waals surface area (Å²) in [5.74, 6) is 0.647. The predicted molar refractivity (Wildman–Crippen MR) is 66.1 cm³/mol. The maximum atomic E-state index is 11.0. The molecule has 88 valence electrons. The lowest BCUT2D eigenvalue weighted by Gasteiger charge is -2.06. The van der Waals surface area contributed by atoms with Gasteiger partial charge in [-0.3, -0.25) is 4.79 Å². The largest absolute Gasteiger partial charge is 0.493 e. The number of alkyl halides is 1. The molecular formula is C12H15BrO3. The molecule has 0 saturated carbocycles. The fourth-order valence-corrected chi connectivity index (χ4v) is 1.46. The van der Waals surface area contributed by atoms with Crippen molar-refractivity contribution in [3.8, 4) is 5.75 Å². The van der Waals surface area contributed by atoms with E-state index in [1.165, 1.54) is 7.11 Å². The Morgan fingerprint density at radius 3 is 2.94 bits per heavy atom. The number of halogens is 1. The second-order valence-corrected chi connectivity index (χ2v) is 4.05. The van der Waals surface area contributed by atoms with Gasteiger partial charge in [-0.2, -0.15) is 0 Å². The van der Waals surface area contributed by atoms with Gasteiger partial charge in [0.15, 0.2) is 0 Å². The zero-order chi connectivity index (χ0) is 11.8. The van der Waals surface area contributed by atoms with Crippen LogP contribution in [-0.4, -0.2) is 25.0 Å². The Morgan fingerprint density at radius 1 is 1.44 bits per heavy atom. The number of hydrogen-bond donors (Lipinski definition) is 0. The van der Waals surface area contributed by atoms with Gasteiger partial charge in [0.05, 0.1) is 13.7 Å². The van der Waals surface area contributed by atoms with E-state index in [0.717, 1.165) is 16.6 Å². The number of benzene rings is 1. The standard InChI is InChI=1S/C12H15BrO3/c1-15-12(14)6-5-10-3-2-4-11(9-10)16-8-7-13/h2-4,9H,5-8H2,1H3. The lowest BCUT2D eigenvalue weighted by molar-refractivity contribution is -0.140. The SMILES string of the molecule is COC(=O)CCc1cccc(OCCBr)c1. The molecule has 1 aromatic carbocycles. The molecule has 0 saturated heterocycles. The molecule has 0 N–H and O–H groups in total. The first kappa shape index (κ1) is 13.0. The molecule has 1 aromatic rings. The summed E-state index contributed by atoms with van der Waals surface area (Å²) in [6.45, 7) is 0.639. The maximum absolute atomic E-state index is 11.0. The average molecular weight is 287 g/mol. The summed E-state index contributed by atoms with van der Waals surface area (Å²) in [5, 5.41) is 0.805. The Balaban J connectivity index is 2.50. The third kappa shape index (κ3) is 4.66. The van der Waals surface area contributed by atoms with E-state index in [1.54, 1.807) is 0 Å². The molecule has 0 unspecified atom stereocenters. The van der Waals surface area contributed by atoms with E-state index in [1.807, 2.05) is 24.3 Å². The molecule has 0 aromatic heterocycles. The zero-order valence-electron chi connectivity index (χ0n) is 9.24. The summed E-state index contributed by atoms with van der Waals surface area (Å²) in [7, 11) is 1.40. The van der Waals surface area contributed by atoms with Crippen molar-refractivity contribution in [3.05, 3.63) is 29.8 Å². The second kappa shape index (κ2) is 7.28. The van der Waals surface area contributed by atoms with Crippen LogP contribution in [0.2, 0.25) is 0 Å². The first-order chi connectivity index (χ1) is 7.76. The van der Waals surface area contributed by atoms with Crippen LogP contribution in [0.1, 0.15) is 12.0 Å². The number of carbonyl (C=O) groups is 1. The molecule has 0 heterocycles. The summed E-state index contributed by atoms with van der Waals surface area (Å²) in [4.78, 5) is 11.0. The minimum atomic E-state index is -0.188.